The largest absolute Gasteiger partial charge is 0.335 e. The second-order valence-electron chi connectivity index (χ2n) is 6.20. The van der Waals surface area contributed by atoms with Crippen LogP contribution in [0.5, 0.6) is 0 Å². The number of halogens is 1. The van der Waals surface area contributed by atoms with Gasteiger partial charge in [0.15, 0.2) is 0 Å². The van der Waals surface area contributed by atoms with E-state index in [4.69, 9.17) is 11.6 Å². The molecule has 2 rings (SSSR count). The van der Waals surface area contributed by atoms with E-state index in [1.165, 1.54) is 16.7 Å². The Labute approximate surface area is 163 Å². The lowest BCUT2D eigenvalue weighted by Crippen LogP contribution is -2.39. The highest BCUT2D eigenvalue weighted by atomic mass is 35.5. The number of thioether (sulfide) groups is 1. The summed E-state index contributed by atoms with van der Waals surface area (Å²) in [6.45, 7) is 5.80. The van der Waals surface area contributed by atoms with E-state index in [-0.39, 0.29) is 23.6 Å². The predicted molar refractivity (Wildman–Crippen MR) is 109 cm³/mol. The van der Waals surface area contributed by atoms with Crippen LogP contribution in [0.15, 0.2) is 47.4 Å². The lowest BCUT2D eigenvalue weighted by molar-refractivity contribution is -0.132. The zero-order valence-corrected chi connectivity index (χ0v) is 16.9. The quantitative estimate of drug-likeness (QED) is 0.737. The summed E-state index contributed by atoms with van der Waals surface area (Å²) in [5.41, 5.74) is 2.92. The summed E-state index contributed by atoms with van der Waals surface area (Å²) in [6.07, 6.45) is 0. The molecule has 2 amide bonds. The third-order valence-electron chi connectivity index (χ3n) is 4.11. The lowest BCUT2D eigenvalue weighted by atomic mass is 10.1. The normalized spacial score (nSPS) is 11.7. The molecule has 4 nitrogen and oxygen atoms in total. The molecule has 1 atom stereocenters. The number of carbonyl (C=O) groups excluding carboxylic acids is 2. The van der Waals surface area contributed by atoms with Crippen LogP contribution in [0.3, 0.4) is 0 Å². The second kappa shape index (κ2) is 9.10. The molecule has 2 aromatic carbocycles. The Morgan fingerprint density at radius 1 is 1.15 bits per heavy atom. The number of anilines is 1. The number of carbonyl (C=O) groups is 2. The highest BCUT2D eigenvalue weighted by Gasteiger charge is 2.20. The Morgan fingerprint density at radius 2 is 1.81 bits per heavy atom. The number of likely N-dealkylation sites (N-methyl/N-ethyl adjacent to an activating group) is 1. The molecule has 6 heteroatoms. The first-order valence-electron chi connectivity index (χ1n) is 8.31. The molecule has 2 aromatic rings. The monoisotopic (exact) mass is 390 g/mol. The minimum atomic E-state index is -0.297. The van der Waals surface area contributed by atoms with Crippen molar-refractivity contribution in [3.8, 4) is 0 Å². The lowest BCUT2D eigenvalue weighted by Gasteiger charge is -2.21. The number of nitrogens with one attached hydrogen (secondary N) is 1. The number of hydrogen-bond donors (Lipinski definition) is 1. The number of hydrogen-bond acceptors (Lipinski definition) is 3. The standard InChI is InChI=1S/C20H23ClN2O2S/c1-13-6-5-7-18(14(13)2)22-19(24)12-23(4)20(25)15(3)26-17-10-8-16(21)9-11-17/h5-11,15H,12H2,1-4H3,(H,22,24). The minimum Gasteiger partial charge on any atom is -0.335 e. The van der Waals surface area contributed by atoms with Gasteiger partial charge in [-0.05, 0) is 62.2 Å². The highest BCUT2D eigenvalue weighted by molar-refractivity contribution is 8.00. The van der Waals surface area contributed by atoms with Crippen LogP contribution < -0.4 is 5.32 Å². The van der Waals surface area contributed by atoms with Crippen LogP contribution in [-0.2, 0) is 9.59 Å². The summed E-state index contributed by atoms with van der Waals surface area (Å²) < 4.78 is 0. The molecule has 0 spiro atoms. The van der Waals surface area contributed by atoms with Gasteiger partial charge in [0.2, 0.25) is 11.8 Å². The van der Waals surface area contributed by atoms with Gasteiger partial charge in [-0.2, -0.15) is 0 Å². The fourth-order valence-corrected chi connectivity index (χ4v) is 3.56. The van der Waals surface area contributed by atoms with Crippen LogP contribution in [0, 0.1) is 13.8 Å². The molecule has 1 unspecified atom stereocenters. The maximum Gasteiger partial charge on any atom is 0.243 e. The number of rotatable bonds is 6. The van der Waals surface area contributed by atoms with E-state index < -0.39 is 0 Å². The molecule has 0 saturated heterocycles. The SMILES string of the molecule is Cc1cccc(NC(=O)CN(C)C(=O)C(C)Sc2ccc(Cl)cc2)c1C. The molecule has 0 heterocycles. The molecule has 0 saturated carbocycles. The average Bonchev–Trinajstić information content (AvgIpc) is 2.60. The summed E-state index contributed by atoms with van der Waals surface area (Å²) in [6, 6.07) is 13.1. The highest BCUT2D eigenvalue weighted by Crippen LogP contribution is 2.25. The minimum absolute atomic E-state index is 0.0116. The van der Waals surface area contributed by atoms with E-state index in [0.29, 0.717) is 5.02 Å². The molecule has 0 fully saturated rings. The maximum atomic E-state index is 12.5. The maximum absolute atomic E-state index is 12.5. The Bertz CT molecular complexity index is 793. The van der Waals surface area contributed by atoms with Crippen LogP contribution in [0.4, 0.5) is 5.69 Å². The van der Waals surface area contributed by atoms with Gasteiger partial charge >= 0.3 is 0 Å². The molecular weight excluding hydrogens is 368 g/mol. The van der Waals surface area contributed by atoms with Crippen molar-refractivity contribution in [2.24, 2.45) is 0 Å². The second-order valence-corrected chi connectivity index (χ2v) is 8.05. The number of benzene rings is 2. The van der Waals surface area contributed by atoms with Crippen molar-refractivity contribution in [1.29, 1.82) is 0 Å². The van der Waals surface area contributed by atoms with Crippen molar-refractivity contribution in [3.05, 3.63) is 58.6 Å². The molecule has 1 N–H and O–H groups in total. The number of aryl methyl sites for hydroxylation is 1. The first-order valence-corrected chi connectivity index (χ1v) is 9.57. The predicted octanol–water partition coefficient (Wildman–Crippen LogP) is 4.53. The smallest absolute Gasteiger partial charge is 0.243 e. The fourth-order valence-electron chi connectivity index (χ4n) is 2.45. The molecule has 0 aliphatic rings. The van der Waals surface area contributed by atoms with Gasteiger partial charge in [0.05, 0.1) is 11.8 Å². The van der Waals surface area contributed by atoms with Crippen LogP contribution in [0.2, 0.25) is 5.02 Å². The van der Waals surface area contributed by atoms with E-state index in [0.717, 1.165) is 21.7 Å². The van der Waals surface area contributed by atoms with Crippen molar-refractivity contribution >= 4 is 40.9 Å². The van der Waals surface area contributed by atoms with Crippen molar-refractivity contribution in [1.82, 2.24) is 4.90 Å². The molecule has 0 radical (unpaired) electrons. The first-order chi connectivity index (χ1) is 12.3. The summed E-state index contributed by atoms with van der Waals surface area (Å²) in [4.78, 5) is 27.2. The van der Waals surface area contributed by atoms with Crippen LogP contribution >= 0.6 is 23.4 Å². The van der Waals surface area contributed by atoms with Gasteiger partial charge < -0.3 is 10.2 Å². The summed E-state index contributed by atoms with van der Waals surface area (Å²) in [5.74, 6) is -0.306. The average molecular weight is 391 g/mol. The molecule has 0 aromatic heterocycles. The third-order valence-corrected chi connectivity index (χ3v) is 5.46. The van der Waals surface area contributed by atoms with E-state index >= 15 is 0 Å². The molecule has 0 bridgehead atoms. The molecule has 26 heavy (non-hydrogen) atoms. The topological polar surface area (TPSA) is 49.4 Å². The van der Waals surface area contributed by atoms with E-state index in [1.807, 2.05) is 51.1 Å². The van der Waals surface area contributed by atoms with Crippen molar-refractivity contribution in [3.63, 3.8) is 0 Å². The van der Waals surface area contributed by atoms with E-state index in [9.17, 15) is 9.59 Å². The molecule has 138 valence electrons. The van der Waals surface area contributed by atoms with Gasteiger partial charge in [-0.3, -0.25) is 9.59 Å². The van der Waals surface area contributed by atoms with Gasteiger partial charge in [0.1, 0.15) is 0 Å². The summed E-state index contributed by atoms with van der Waals surface area (Å²) in [7, 11) is 1.64. The fraction of sp³-hybridized carbons (Fsp3) is 0.300. The summed E-state index contributed by atoms with van der Waals surface area (Å²) in [5, 5.41) is 3.24. The van der Waals surface area contributed by atoms with Crippen molar-refractivity contribution in [2.75, 3.05) is 18.9 Å². The van der Waals surface area contributed by atoms with Crippen LogP contribution in [-0.4, -0.2) is 35.6 Å². The molecule has 0 aliphatic heterocycles. The summed E-state index contributed by atoms with van der Waals surface area (Å²) >= 11 is 7.32. The van der Waals surface area contributed by atoms with E-state index in [2.05, 4.69) is 5.32 Å². The van der Waals surface area contributed by atoms with Crippen LogP contribution in [0.1, 0.15) is 18.1 Å². The van der Waals surface area contributed by atoms with Crippen molar-refractivity contribution in [2.45, 2.75) is 30.9 Å². The van der Waals surface area contributed by atoms with Gasteiger partial charge in [-0.15, -0.1) is 11.8 Å². The molecular formula is C20H23ClN2O2S. The Kier molecular flexibility index (Phi) is 7.12. The Balaban J connectivity index is 1.91. The van der Waals surface area contributed by atoms with Gasteiger partial charge in [0.25, 0.3) is 0 Å². The Morgan fingerprint density at radius 3 is 2.46 bits per heavy atom. The Hall–Kier alpha value is -1.98. The molecule has 0 aliphatic carbocycles. The number of amides is 2. The zero-order chi connectivity index (χ0) is 19.3. The van der Waals surface area contributed by atoms with Gasteiger partial charge in [0, 0.05) is 22.7 Å². The van der Waals surface area contributed by atoms with E-state index in [1.54, 1.807) is 19.2 Å². The van der Waals surface area contributed by atoms with Crippen molar-refractivity contribution < 1.29 is 9.59 Å². The van der Waals surface area contributed by atoms with Gasteiger partial charge in [-0.1, -0.05) is 23.7 Å². The number of nitrogens with zero attached hydrogens (tertiary/aromatic N) is 1. The third kappa shape index (κ3) is 5.51. The zero-order valence-electron chi connectivity index (χ0n) is 15.4. The van der Waals surface area contributed by atoms with Gasteiger partial charge in [-0.25, -0.2) is 0 Å². The van der Waals surface area contributed by atoms with Crippen LogP contribution in [0.25, 0.3) is 0 Å². The first kappa shape index (κ1) is 20.3.